The van der Waals surface area contributed by atoms with Crippen LogP contribution in [0.15, 0.2) is 0 Å². The van der Waals surface area contributed by atoms with E-state index in [2.05, 4.69) is 0 Å². The van der Waals surface area contributed by atoms with Gasteiger partial charge in [0, 0.05) is 26.5 Å². The summed E-state index contributed by atoms with van der Waals surface area (Å²) in [7, 11) is 1.46. The molecule has 1 atom stereocenters. The summed E-state index contributed by atoms with van der Waals surface area (Å²) in [5.41, 5.74) is -1.19. The fourth-order valence-electron chi connectivity index (χ4n) is 2.24. The summed E-state index contributed by atoms with van der Waals surface area (Å²) in [6.45, 7) is 4.75. The molecule has 0 aliphatic carbocycles. The molecule has 1 heterocycles. The highest BCUT2D eigenvalue weighted by atomic mass is 16.6. The lowest BCUT2D eigenvalue weighted by molar-refractivity contribution is -0.193. The summed E-state index contributed by atoms with van der Waals surface area (Å²) in [4.78, 5) is 25.5. The van der Waals surface area contributed by atoms with E-state index < -0.39 is 11.7 Å². The zero-order valence-electron chi connectivity index (χ0n) is 11.5. The van der Waals surface area contributed by atoms with Crippen molar-refractivity contribution in [2.75, 3.05) is 20.3 Å². The van der Waals surface area contributed by atoms with Crippen LogP contribution in [0.1, 0.15) is 46.0 Å². The third kappa shape index (κ3) is 2.83. The molecule has 0 saturated carbocycles. The quantitative estimate of drug-likeness (QED) is 0.537. The van der Waals surface area contributed by atoms with Crippen molar-refractivity contribution in [2.24, 2.45) is 0 Å². The van der Waals surface area contributed by atoms with E-state index in [0.717, 1.165) is 19.3 Å². The predicted molar refractivity (Wildman–Crippen MR) is 66.8 cm³/mol. The average molecular weight is 257 g/mol. The third-order valence-electron chi connectivity index (χ3n) is 3.32. The van der Waals surface area contributed by atoms with Gasteiger partial charge in [0.05, 0.1) is 6.61 Å². The first-order valence-corrected chi connectivity index (χ1v) is 6.65. The predicted octanol–water partition coefficient (Wildman–Crippen LogP) is 1.70. The van der Waals surface area contributed by atoms with Gasteiger partial charge in [0.25, 0.3) is 0 Å². The van der Waals surface area contributed by atoms with Crippen LogP contribution < -0.4 is 0 Å². The van der Waals surface area contributed by atoms with E-state index in [0.29, 0.717) is 26.0 Å². The van der Waals surface area contributed by atoms with E-state index >= 15 is 0 Å². The van der Waals surface area contributed by atoms with Gasteiger partial charge in [0.2, 0.25) is 11.6 Å². The zero-order valence-corrected chi connectivity index (χ0v) is 11.5. The average Bonchev–Trinajstić information content (AvgIpc) is 2.83. The minimum absolute atomic E-state index is 0.0678. The van der Waals surface area contributed by atoms with Crippen LogP contribution in [0, 0.1) is 0 Å². The maximum absolute atomic E-state index is 12.2. The lowest BCUT2D eigenvalue weighted by Gasteiger charge is -2.34. The van der Waals surface area contributed by atoms with Gasteiger partial charge in [-0.2, -0.15) is 0 Å². The monoisotopic (exact) mass is 257 g/mol. The van der Waals surface area contributed by atoms with Crippen LogP contribution >= 0.6 is 0 Å². The molecule has 0 unspecified atom stereocenters. The molecule has 1 fully saturated rings. The number of esters is 1. The Kier molecular flexibility index (Phi) is 5.59. The highest BCUT2D eigenvalue weighted by Crippen LogP contribution is 2.32. The number of hydrogen-bond donors (Lipinski definition) is 0. The van der Waals surface area contributed by atoms with Gasteiger partial charge in [-0.05, 0) is 12.8 Å². The summed E-state index contributed by atoms with van der Waals surface area (Å²) in [5.74, 6) is -0.500. The Hall–Kier alpha value is -1.10. The van der Waals surface area contributed by atoms with E-state index in [4.69, 9.17) is 9.47 Å². The molecule has 1 rings (SSSR count). The molecule has 0 aromatic rings. The topological polar surface area (TPSA) is 55.8 Å². The Morgan fingerprint density at radius 2 is 2.06 bits per heavy atom. The molecule has 18 heavy (non-hydrogen) atoms. The molecule has 1 saturated heterocycles. The van der Waals surface area contributed by atoms with Gasteiger partial charge in [0.15, 0.2) is 0 Å². The maximum Gasteiger partial charge on any atom is 0.360 e. The van der Waals surface area contributed by atoms with Crippen molar-refractivity contribution in [1.82, 2.24) is 4.90 Å². The molecule has 0 bridgehead atoms. The molecule has 5 nitrogen and oxygen atoms in total. The Morgan fingerprint density at radius 3 is 2.61 bits per heavy atom. The first-order chi connectivity index (χ1) is 8.62. The van der Waals surface area contributed by atoms with Gasteiger partial charge in [-0.25, -0.2) is 4.79 Å². The number of hydrogen-bond acceptors (Lipinski definition) is 4. The molecule has 0 aromatic carbocycles. The number of unbranched alkanes of at least 4 members (excludes halogenated alkanes) is 1. The number of carbonyl (C=O) groups excluding carboxylic acids is 2. The molecule has 1 aliphatic heterocycles. The van der Waals surface area contributed by atoms with Crippen molar-refractivity contribution in [3.8, 4) is 0 Å². The number of amides is 1. The molecular weight excluding hydrogens is 234 g/mol. The number of likely N-dealkylation sites (tertiary alicyclic amines) is 1. The summed E-state index contributed by atoms with van der Waals surface area (Å²) in [5, 5.41) is 0. The zero-order chi connectivity index (χ0) is 13.6. The molecule has 5 heteroatoms. The Bertz CT molecular complexity index is 305. The van der Waals surface area contributed by atoms with E-state index in [9.17, 15) is 9.59 Å². The molecule has 0 spiro atoms. The van der Waals surface area contributed by atoms with Gasteiger partial charge in [-0.3, -0.25) is 4.79 Å². The van der Waals surface area contributed by atoms with Crippen molar-refractivity contribution < 1.29 is 19.1 Å². The van der Waals surface area contributed by atoms with Gasteiger partial charge in [-0.1, -0.05) is 20.3 Å². The fraction of sp³-hybridized carbons (Fsp3) is 0.846. The number of carbonyl (C=O) groups is 2. The van der Waals surface area contributed by atoms with Crippen molar-refractivity contribution >= 4 is 11.9 Å². The van der Waals surface area contributed by atoms with Crippen LogP contribution in [-0.4, -0.2) is 42.8 Å². The third-order valence-corrected chi connectivity index (χ3v) is 3.32. The van der Waals surface area contributed by atoms with Crippen LogP contribution in [0.3, 0.4) is 0 Å². The Labute approximate surface area is 108 Å². The van der Waals surface area contributed by atoms with Crippen molar-refractivity contribution in [2.45, 2.75) is 51.7 Å². The summed E-state index contributed by atoms with van der Waals surface area (Å²) in [6, 6.07) is 0. The summed E-state index contributed by atoms with van der Waals surface area (Å²) >= 11 is 0. The second-order valence-electron chi connectivity index (χ2n) is 4.48. The minimum Gasteiger partial charge on any atom is -0.462 e. The molecule has 1 aliphatic rings. The normalized spacial score (nSPS) is 23.2. The van der Waals surface area contributed by atoms with Crippen LogP contribution in [0.4, 0.5) is 0 Å². The summed E-state index contributed by atoms with van der Waals surface area (Å²) in [6.07, 6.45) is 3.44. The van der Waals surface area contributed by atoms with Gasteiger partial charge in [0.1, 0.15) is 0 Å². The highest BCUT2D eigenvalue weighted by molar-refractivity contribution is 5.87. The lowest BCUT2D eigenvalue weighted by atomic mass is 10.1. The smallest absolute Gasteiger partial charge is 0.360 e. The lowest BCUT2D eigenvalue weighted by Crippen LogP contribution is -2.55. The standard InChI is InChI=1S/C13H23NO4/c1-4-6-10-18-12(16)13(17-3)8-7-9-14(13)11(15)5-2/h4-10H2,1-3H3/t13-/m1/s1. The van der Waals surface area contributed by atoms with Crippen LogP contribution in [-0.2, 0) is 19.1 Å². The molecule has 1 amide bonds. The van der Waals surface area contributed by atoms with Crippen LogP contribution in [0.5, 0.6) is 0 Å². The van der Waals surface area contributed by atoms with E-state index in [1.165, 1.54) is 12.0 Å². The molecule has 0 aromatic heterocycles. The van der Waals surface area contributed by atoms with Crippen molar-refractivity contribution in [3.63, 3.8) is 0 Å². The van der Waals surface area contributed by atoms with E-state index in [1.807, 2.05) is 6.92 Å². The first-order valence-electron chi connectivity index (χ1n) is 6.65. The largest absolute Gasteiger partial charge is 0.462 e. The van der Waals surface area contributed by atoms with Gasteiger partial charge >= 0.3 is 5.97 Å². The first kappa shape index (κ1) is 15.0. The highest BCUT2D eigenvalue weighted by Gasteiger charge is 2.51. The van der Waals surface area contributed by atoms with Crippen molar-refractivity contribution in [1.29, 1.82) is 0 Å². The van der Waals surface area contributed by atoms with Crippen LogP contribution in [0.25, 0.3) is 0 Å². The van der Waals surface area contributed by atoms with E-state index in [-0.39, 0.29) is 5.91 Å². The maximum atomic E-state index is 12.2. The van der Waals surface area contributed by atoms with Crippen molar-refractivity contribution in [3.05, 3.63) is 0 Å². The van der Waals surface area contributed by atoms with Gasteiger partial charge in [-0.15, -0.1) is 0 Å². The fourth-order valence-corrected chi connectivity index (χ4v) is 2.24. The molecule has 104 valence electrons. The minimum atomic E-state index is -1.19. The Morgan fingerprint density at radius 1 is 1.33 bits per heavy atom. The summed E-state index contributed by atoms with van der Waals surface area (Å²) < 4.78 is 10.6. The Balaban J connectivity index is 2.76. The molecule has 0 N–H and O–H groups in total. The van der Waals surface area contributed by atoms with Crippen LogP contribution in [0.2, 0.25) is 0 Å². The molecular formula is C13H23NO4. The second kappa shape index (κ2) is 6.73. The second-order valence-corrected chi connectivity index (χ2v) is 4.48. The number of ether oxygens (including phenoxy) is 2. The van der Waals surface area contributed by atoms with Gasteiger partial charge < -0.3 is 14.4 Å². The number of rotatable bonds is 6. The number of methoxy groups -OCH3 is 1. The number of nitrogens with zero attached hydrogens (tertiary/aromatic N) is 1. The SMILES string of the molecule is CCCCOC(=O)[C@]1(OC)CCCN1C(=O)CC. The molecule has 0 radical (unpaired) electrons. The van der Waals surface area contributed by atoms with E-state index in [1.54, 1.807) is 6.92 Å².